The SMILES string of the molecule is Cc1cccc(CCC=O)c1C. The molecular weight excluding hydrogens is 148 g/mol. The van der Waals surface area contributed by atoms with Crippen LogP contribution in [0.15, 0.2) is 18.2 Å². The Bertz CT molecular complexity index is 276. The van der Waals surface area contributed by atoms with Crippen molar-refractivity contribution in [2.24, 2.45) is 0 Å². The van der Waals surface area contributed by atoms with Gasteiger partial charge in [-0.3, -0.25) is 0 Å². The molecule has 0 aliphatic heterocycles. The summed E-state index contributed by atoms with van der Waals surface area (Å²) in [4.78, 5) is 10.2. The number of hydrogen-bond donors (Lipinski definition) is 0. The van der Waals surface area contributed by atoms with Crippen molar-refractivity contribution in [1.29, 1.82) is 0 Å². The van der Waals surface area contributed by atoms with Gasteiger partial charge in [0.2, 0.25) is 0 Å². The molecule has 12 heavy (non-hydrogen) atoms. The maximum absolute atomic E-state index is 10.2. The van der Waals surface area contributed by atoms with Gasteiger partial charge in [-0.2, -0.15) is 0 Å². The summed E-state index contributed by atoms with van der Waals surface area (Å²) in [6.07, 6.45) is 2.48. The monoisotopic (exact) mass is 162 g/mol. The van der Waals surface area contributed by atoms with E-state index < -0.39 is 0 Å². The van der Waals surface area contributed by atoms with E-state index in [1.807, 2.05) is 6.07 Å². The summed E-state index contributed by atoms with van der Waals surface area (Å²) < 4.78 is 0. The quantitative estimate of drug-likeness (QED) is 0.624. The van der Waals surface area contributed by atoms with Gasteiger partial charge in [0, 0.05) is 6.42 Å². The first-order valence-electron chi connectivity index (χ1n) is 4.24. The van der Waals surface area contributed by atoms with Crippen molar-refractivity contribution >= 4 is 6.29 Å². The minimum Gasteiger partial charge on any atom is -0.303 e. The first-order valence-corrected chi connectivity index (χ1v) is 4.24. The Morgan fingerprint density at radius 3 is 2.75 bits per heavy atom. The van der Waals surface area contributed by atoms with Gasteiger partial charge in [-0.25, -0.2) is 0 Å². The molecule has 0 radical (unpaired) electrons. The molecule has 0 aromatic heterocycles. The first-order chi connectivity index (χ1) is 5.75. The Kier molecular flexibility index (Phi) is 3.03. The number of aldehydes is 1. The summed E-state index contributed by atoms with van der Waals surface area (Å²) in [6.45, 7) is 4.20. The van der Waals surface area contributed by atoms with Crippen LogP contribution in [0.3, 0.4) is 0 Å². The van der Waals surface area contributed by atoms with E-state index >= 15 is 0 Å². The van der Waals surface area contributed by atoms with Crippen LogP contribution >= 0.6 is 0 Å². The molecule has 0 saturated heterocycles. The highest BCUT2D eigenvalue weighted by Crippen LogP contribution is 2.13. The topological polar surface area (TPSA) is 17.1 Å². The molecule has 1 rings (SSSR count). The lowest BCUT2D eigenvalue weighted by atomic mass is 10.0. The van der Waals surface area contributed by atoms with Gasteiger partial charge in [0.15, 0.2) is 0 Å². The maximum Gasteiger partial charge on any atom is 0.120 e. The molecule has 0 bridgehead atoms. The van der Waals surface area contributed by atoms with E-state index in [1.165, 1.54) is 16.7 Å². The minimum absolute atomic E-state index is 0.629. The van der Waals surface area contributed by atoms with E-state index in [2.05, 4.69) is 26.0 Å². The smallest absolute Gasteiger partial charge is 0.120 e. The van der Waals surface area contributed by atoms with Gasteiger partial charge in [0.05, 0.1) is 0 Å². The fourth-order valence-corrected chi connectivity index (χ4v) is 1.30. The summed E-state index contributed by atoms with van der Waals surface area (Å²) in [6, 6.07) is 6.23. The van der Waals surface area contributed by atoms with Gasteiger partial charge < -0.3 is 4.79 Å². The average Bonchev–Trinajstić information content (AvgIpc) is 2.08. The molecule has 0 N–H and O–H groups in total. The molecule has 0 aliphatic carbocycles. The van der Waals surface area contributed by atoms with E-state index in [0.717, 1.165) is 12.7 Å². The van der Waals surface area contributed by atoms with Crippen LogP contribution in [0, 0.1) is 13.8 Å². The number of aryl methyl sites for hydroxylation is 2. The normalized spacial score (nSPS) is 9.83. The molecule has 64 valence electrons. The maximum atomic E-state index is 10.2. The number of carbonyl (C=O) groups excluding carboxylic acids is 1. The van der Waals surface area contributed by atoms with Gasteiger partial charge in [-0.1, -0.05) is 18.2 Å². The van der Waals surface area contributed by atoms with Crippen molar-refractivity contribution in [3.63, 3.8) is 0 Å². The Morgan fingerprint density at radius 1 is 1.33 bits per heavy atom. The van der Waals surface area contributed by atoms with Crippen LogP contribution in [0.1, 0.15) is 23.1 Å². The van der Waals surface area contributed by atoms with Crippen molar-refractivity contribution in [2.75, 3.05) is 0 Å². The summed E-state index contributed by atoms with van der Waals surface area (Å²) in [5, 5.41) is 0. The lowest BCUT2D eigenvalue weighted by Crippen LogP contribution is -1.92. The molecule has 0 fully saturated rings. The lowest BCUT2D eigenvalue weighted by Gasteiger charge is -2.05. The van der Waals surface area contributed by atoms with Gasteiger partial charge in [-0.15, -0.1) is 0 Å². The number of rotatable bonds is 3. The van der Waals surface area contributed by atoms with Crippen LogP contribution in [0.5, 0.6) is 0 Å². The molecule has 1 aromatic carbocycles. The van der Waals surface area contributed by atoms with Crippen molar-refractivity contribution in [3.05, 3.63) is 34.9 Å². The summed E-state index contributed by atoms with van der Waals surface area (Å²) >= 11 is 0. The van der Waals surface area contributed by atoms with Crippen LogP contribution in [-0.4, -0.2) is 6.29 Å². The fourth-order valence-electron chi connectivity index (χ4n) is 1.30. The van der Waals surface area contributed by atoms with Crippen LogP contribution in [0.2, 0.25) is 0 Å². The number of benzene rings is 1. The predicted octanol–water partition coefficient (Wildman–Crippen LogP) is 2.43. The Labute approximate surface area is 73.4 Å². The van der Waals surface area contributed by atoms with Crippen LogP contribution in [-0.2, 0) is 11.2 Å². The third-order valence-corrected chi connectivity index (χ3v) is 2.25. The van der Waals surface area contributed by atoms with E-state index in [-0.39, 0.29) is 0 Å². The molecule has 0 spiro atoms. The van der Waals surface area contributed by atoms with Crippen molar-refractivity contribution in [1.82, 2.24) is 0 Å². The molecule has 0 heterocycles. The second-order valence-corrected chi connectivity index (χ2v) is 3.06. The highest BCUT2D eigenvalue weighted by molar-refractivity contribution is 5.50. The fraction of sp³-hybridized carbons (Fsp3) is 0.364. The Balaban J connectivity index is 2.84. The number of hydrogen-bond acceptors (Lipinski definition) is 1. The third kappa shape index (κ3) is 1.94. The summed E-state index contributed by atoms with van der Waals surface area (Å²) in [7, 11) is 0. The molecule has 1 nitrogen and oxygen atoms in total. The molecule has 0 saturated carbocycles. The van der Waals surface area contributed by atoms with Gasteiger partial charge in [0.1, 0.15) is 6.29 Å². The van der Waals surface area contributed by atoms with E-state index in [9.17, 15) is 4.79 Å². The standard InChI is InChI=1S/C11H14O/c1-9-5-3-6-11(10(9)2)7-4-8-12/h3,5-6,8H,4,7H2,1-2H3. The average molecular weight is 162 g/mol. The van der Waals surface area contributed by atoms with E-state index in [0.29, 0.717) is 6.42 Å². The zero-order valence-electron chi connectivity index (χ0n) is 7.63. The molecule has 0 unspecified atom stereocenters. The molecule has 0 amide bonds. The van der Waals surface area contributed by atoms with Gasteiger partial charge >= 0.3 is 0 Å². The summed E-state index contributed by atoms with van der Waals surface area (Å²) in [5.74, 6) is 0. The molecular formula is C11H14O. The first kappa shape index (κ1) is 8.98. The zero-order valence-corrected chi connectivity index (χ0v) is 7.63. The molecule has 0 aliphatic rings. The lowest BCUT2D eigenvalue weighted by molar-refractivity contribution is -0.107. The second-order valence-electron chi connectivity index (χ2n) is 3.06. The summed E-state index contributed by atoms with van der Waals surface area (Å²) in [5.41, 5.74) is 3.92. The molecule has 1 heteroatoms. The minimum atomic E-state index is 0.629. The van der Waals surface area contributed by atoms with Gasteiger partial charge in [0.25, 0.3) is 0 Å². The van der Waals surface area contributed by atoms with E-state index in [1.54, 1.807) is 0 Å². The third-order valence-electron chi connectivity index (χ3n) is 2.25. The van der Waals surface area contributed by atoms with Gasteiger partial charge in [-0.05, 0) is 37.0 Å². The Morgan fingerprint density at radius 2 is 2.08 bits per heavy atom. The molecule has 0 atom stereocenters. The predicted molar refractivity (Wildman–Crippen MR) is 50.3 cm³/mol. The molecule has 1 aromatic rings. The van der Waals surface area contributed by atoms with Crippen molar-refractivity contribution in [2.45, 2.75) is 26.7 Å². The van der Waals surface area contributed by atoms with E-state index in [4.69, 9.17) is 0 Å². The largest absolute Gasteiger partial charge is 0.303 e. The zero-order chi connectivity index (χ0) is 8.97. The van der Waals surface area contributed by atoms with Crippen LogP contribution in [0.4, 0.5) is 0 Å². The number of carbonyl (C=O) groups is 1. The van der Waals surface area contributed by atoms with Crippen molar-refractivity contribution in [3.8, 4) is 0 Å². The second kappa shape index (κ2) is 4.05. The van der Waals surface area contributed by atoms with Crippen LogP contribution < -0.4 is 0 Å². The highest BCUT2D eigenvalue weighted by atomic mass is 16.1. The highest BCUT2D eigenvalue weighted by Gasteiger charge is 1.98. The van der Waals surface area contributed by atoms with Crippen LogP contribution in [0.25, 0.3) is 0 Å². The Hall–Kier alpha value is -1.11. The van der Waals surface area contributed by atoms with Crippen molar-refractivity contribution < 1.29 is 4.79 Å².